The molecule has 5 rings (SSSR count). The van der Waals surface area contributed by atoms with Crippen LogP contribution in [0.5, 0.6) is 0 Å². The van der Waals surface area contributed by atoms with Crippen molar-refractivity contribution >= 4 is 46.8 Å². The average molecular weight is 478 g/mol. The number of benzene rings is 2. The van der Waals surface area contributed by atoms with Gasteiger partial charge in [0.15, 0.2) is 0 Å². The van der Waals surface area contributed by atoms with Gasteiger partial charge in [-0.15, -0.1) is 0 Å². The summed E-state index contributed by atoms with van der Waals surface area (Å²) in [4.78, 5) is 38.1. The Labute approximate surface area is 204 Å². The van der Waals surface area contributed by atoms with Crippen LogP contribution in [0.1, 0.15) is 28.8 Å². The first-order valence-electron chi connectivity index (χ1n) is 11.7. The Morgan fingerprint density at radius 1 is 0.941 bits per heavy atom. The monoisotopic (exact) mass is 477 g/mol. The van der Waals surface area contributed by atoms with E-state index in [2.05, 4.69) is 16.5 Å². The van der Waals surface area contributed by atoms with E-state index >= 15 is 0 Å². The molecule has 7 nitrogen and oxygen atoms in total. The lowest BCUT2D eigenvalue weighted by Crippen LogP contribution is -2.48. The SMILES string of the molecule is C=C1c2ccc(C(=O)N3CCN(c4cccc(Cl)c4)CC3)cc2N=CN1CC(=O)N1CCCC1. The molecule has 3 heterocycles. The number of fused-ring (bicyclic) bond motifs is 1. The third kappa shape index (κ3) is 4.53. The number of hydrogen-bond donors (Lipinski definition) is 0. The van der Waals surface area contributed by atoms with E-state index in [1.165, 1.54) is 0 Å². The number of halogens is 1. The fourth-order valence-corrected chi connectivity index (χ4v) is 4.93. The van der Waals surface area contributed by atoms with E-state index < -0.39 is 0 Å². The first-order chi connectivity index (χ1) is 16.5. The van der Waals surface area contributed by atoms with Crippen molar-refractivity contribution in [3.8, 4) is 0 Å². The van der Waals surface area contributed by atoms with Gasteiger partial charge >= 0.3 is 0 Å². The van der Waals surface area contributed by atoms with Gasteiger partial charge in [0.2, 0.25) is 5.91 Å². The molecule has 34 heavy (non-hydrogen) atoms. The number of carbonyl (C=O) groups is 2. The number of anilines is 1. The topological polar surface area (TPSA) is 59.5 Å². The van der Waals surface area contributed by atoms with Crippen LogP contribution in [-0.2, 0) is 4.79 Å². The molecule has 2 aromatic rings. The Hall–Kier alpha value is -3.32. The summed E-state index contributed by atoms with van der Waals surface area (Å²) < 4.78 is 0. The van der Waals surface area contributed by atoms with Gasteiger partial charge in [0.1, 0.15) is 6.54 Å². The normalized spacial score (nSPS) is 17.9. The molecule has 8 heteroatoms. The summed E-state index contributed by atoms with van der Waals surface area (Å²) in [6.45, 7) is 8.86. The summed E-state index contributed by atoms with van der Waals surface area (Å²) >= 11 is 6.12. The van der Waals surface area contributed by atoms with E-state index in [1.807, 2.05) is 52.3 Å². The molecule has 0 aliphatic carbocycles. The van der Waals surface area contributed by atoms with Crippen LogP contribution < -0.4 is 4.90 Å². The zero-order valence-corrected chi connectivity index (χ0v) is 19.9. The molecule has 0 radical (unpaired) electrons. The predicted molar refractivity (Wildman–Crippen MR) is 136 cm³/mol. The summed E-state index contributed by atoms with van der Waals surface area (Å²) in [5.74, 6) is 0.0956. The number of rotatable bonds is 4. The molecule has 0 spiro atoms. The molecule has 176 valence electrons. The highest BCUT2D eigenvalue weighted by Crippen LogP contribution is 2.32. The van der Waals surface area contributed by atoms with Gasteiger partial charge in [0, 0.05) is 66.8 Å². The standard InChI is InChI=1S/C26H28ClN5O2/c1-19-23-8-7-20(15-24(23)28-18-32(19)17-25(33)30-9-2-3-10-30)26(34)31-13-11-29(12-14-31)22-6-4-5-21(27)16-22/h4-8,15-16,18H,1-3,9-14,17H2. The average Bonchev–Trinajstić information content (AvgIpc) is 3.40. The van der Waals surface area contributed by atoms with Crippen LogP contribution in [0, 0.1) is 0 Å². The molecule has 0 bridgehead atoms. The van der Waals surface area contributed by atoms with Crippen molar-refractivity contribution in [1.82, 2.24) is 14.7 Å². The molecule has 0 saturated carbocycles. The Morgan fingerprint density at radius 2 is 1.71 bits per heavy atom. The molecule has 2 saturated heterocycles. The van der Waals surface area contributed by atoms with E-state index in [1.54, 1.807) is 11.2 Å². The molecule has 0 aromatic heterocycles. The Balaban J connectivity index is 1.23. The lowest BCUT2D eigenvalue weighted by Gasteiger charge is -2.36. The maximum atomic E-state index is 13.2. The van der Waals surface area contributed by atoms with E-state index in [0.717, 1.165) is 56.0 Å². The number of aliphatic imine (C=N–C) groups is 1. The Morgan fingerprint density at radius 3 is 2.44 bits per heavy atom. The first kappa shape index (κ1) is 22.5. The summed E-state index contributed by atoms with van der Waals surface area (Å²) in [6, 6.07) is 13.3. The lowest BCUT2D eigenvalue weighted by atomic mass is 10.0. The minimum atomic E-state index is 0.000923. The van der Waals surface area contributed by atoms with E-state index in [0.29, 0.717) is 29.4 Å². The van der Waals surface area contributed by atoms with Gasteiger partial charge in [-0.3, -0.25) is 9.59 Å². The molecule has 3 aliphatic heterocycles. The van der Waals surface area contributed by atoms with Crippen LogP contribution >= 0.6 is 11.6 Å². The second-order valence-corrected chi connectivity index (χ2v) is 9.33. The summed E-state index contributed by atoms with van der Waals surface area (Å²) in [6.07, 6.45) is 3.78. The van der Waals surface area contributed by atoms with Crippen molar-refractivity contribution in [2.75, 3.05) is 50.7 Å². The van der Waals surface area contributed by atoms with Crippen molar-refractivity contribution < 1.29 is 9.59 Å². The van der Waals surface area contributed by atoms with Crippen molar-refractivity contribution in [3.05, 3.63) is 65.2 Å². The van der Waals surface area contributed by atoms with E-state index in [9.17, 15) is 9.59 Å². The van der Waals surface area contributed by atoms with Crippen molar-refractivity contribution in [2.45, 2.75) is 12.8 Å². The minimum absolute atomic E-state index is 0.000923. The maximum absolute atomic E-state index is 13.2. The van der Waals surface area contributed by atoms with Crippen molar-refractivity contribution in [3.63, 3.8) is 0 Å². The molecular weight excluding hydrogens is 450 g/mol. The van der Waals surface area contributed by atoms with Crippen LogP contribution in [0.25, 0.3) is 5.70 Å². The predicted octanol–water partition coefficient (Wildman–Crippen LogP) is 3.87. The summed E-state index contributed by atoms with van der Waals surface area (Å²) in [5, 5.41) is 0.714. The molecule has 2 aromatic carbocycles. The van der Waals surface area contributed by atoms with Gasteiger partial charge in [-0.05, 0) is 49.2 Å². The molecule has 2 amide bonds. The zero-order valence-electron chi connectivity index (χ0n) is 19.1. The fraction of sp³-hybridized carbons (Fsp3) is 0.346. The first-order valence-corrected chi connectivity index (χ1v) is 12.1. The Kier molecular flexibility index (Phi) is 6.28. The van der Waals surface area contributed by atoms with E-state index in [4.69, 9.17) is 11.6 Å². The largest absolute Gasteiger partial charge is 0.368 e. The van der Waals surface area contributed by atoms with Gasteiger partial charge in [-0.25, -0.2) is 4.99 Å². The van der Waals surface area contributed by atoms with Crippen LogP contribution in [0.4, 0.5) is 11.4 Å². The molecule has 0 N–H and O–H groups in total. The second-order valence-electron chi connectivity index (χ2n) is 8.90. The number of likely N-dealkylation sites (tertiary alicyclic amines) is 1. The lowest BCUT2D eigenvalue weighted by molar-refractivity contribution is -0.129. The highest BCUT2D eigenvalue weighted by molar-refractivity contribution is 6.30. The molecule has 2 fully saturated rings. The third-order valence-electron chi connectivity index (χ3n) is 6.74. The third-order valence-corrected chi connectivity index (χ3v) is 6.98. The molecular formula is C26H28ClN5O2. The smallest absolute Gasteiger partial charge is 0.254 e. The van der Waals surface area contributed by atoms with Gasteiger partial charge in [-0.2, -0.15) is 0 Å². The van der Waals surface area contributed by atoms with Crippen molar-refractivity contribution in [2.24, 2.45) is 4.99 Å². The number of hydrogen-bond acceptors (Lipinski definition) is 5. The highest BCUT2D eigenvalue weighted by atomic mass is 35.5. The fourth-order valence-electron chi connectivity index (χ4n) is 4.74. The Bertz CT molecular complexity index is 1150. The number of nitrogens with zero attached hydrogens (tertiary/aromatic N) is 5. The molecule has 0 atom stereocenters. The van der Waals surface area contributed by atoms with Gasteiger partial charge < -0.3 is 19.6 Å². The van der Waals surface area contributed by atoms with Crippen LogP contribution in [0.3, 0.4) is 0 Å². The summed E-state index contributed by atoms with van der Waals surface area (Å²) in [7, 11) is 0. The van der Waals surface area contributed by atoms with Crippen LogP contribution in [0.2, 0.25) is 5.02 Å². The van der Waals surface area contributed by atoms with E-state index in [-0.39, 0.29) is 18.4 Å². The highest BCUT2D eigenvalue weighted by Gasteiger charge is 2.26. The van der Waals surface area contributed by atoms with Crippen LogP contribution in [-0.4, -0.2) is 78.7 Å². The van der Waals surface area contributed by atoms with Gasteiger partial charge in [0.25, 0.3) is 5.91 Å². The maximum Gasteiger partial charge on any atom is 0.254 e. The quantitative estimate of drug-likeness (QED) is 0.670. The molecule has 3 aliphatic rings. The zero-order chi connectivity index (χ0) is 23.7. The number of amides is 2. The van der Waals surface area contributed by atoms with Crippen molar-refractivity contribution in [1.29, 1.82) is 0 Å². The van der Waals surface area contributed by atoms with Gasteiger partial charge in [0.05, 0.1) is 12.0 Å². The second kappa shape index (κ2) is 9.50. The number of carbonyl (C=O) groups excluding carboxylic acids is 2. The molecule has 0 unspecified atom stereocenters. The summed E-state index contributed by atoms with van der Waals surface area (Å²) in [5.41, 5.74) is 3.97. The number of piperazine rings is 1. The minimum Gasteiger partial charge on any atom is -0.368 e. The van der Waals surface area contributed by atoms with Gasteiger partial charge in [-0.1, -0.05) is 24.2 Å². The van der Waals surface area contributed by atoms with Crippen LogP contribution in [0.15, 0.2) is 54.0 Å².